The molecule has 0 spiro atoms. The van der Waals surface area contributed by atoms with E-state index in [-0.39, 0.29) is 17.9 Å². The Hall–Kier alpha value is -2.63. The smallest absolute Gasteiger partial charge is 0.272 e. The highest BCUT2D eigenvalue weighted by atomic mass is 16.2. The minimum Gasteiger partial charge on any atom is -0.336 e. The number of benzene rings is 1. The summed E-state index contributed by atoms with van der Waals surface area (Å²) in [5.41, 5.74) is 2.12. The Kier molecular flexibility index (Phi) is 3.59. The second kappa shape index (κ2) is 5.78. The summed E-state index contributed by atoms with van der Waals surface area (Å²) in [6, 6.07) is 11.2. The van der Waals surface area contributed by atoms with Crippen LogP contribution in [0.5, 0.6) is 0 Å². The quantitative estimate of drug-likeness (QED) is 0.917. The third-order valence-electron chi connectivity index (χ3n) is 5.03. The summed E-state index contributed by atoms with van der Waals surface area (Å²) >= 11 is 0. The highest BCUT2D eigenvalue weighted by molar-refractivity contribution is 5.97. The number of fused-ring (bicyclic) bond motifs is 1. The van der Waals surface area contributed by atoms with Crippen LogP contribution < -0.4 is 0 Å². The molecule has 1 N–H and O–H groups in total. The van der Waals surface area contributed by atoms with Gasteiger partial charge in [0.05, 0.1) is 5.69 Å². The number of carbonyl (C=O) groups excluding carboxylic acids is 2. The molecule has 24 heavy (non-hydrogen) atoms. The van der Waals surface area contributed by atoms with Crippen molar-refractivity contribution in [1.82, 2.24) is 20.0 Å². The first-order valence-corrected chi connectivity index (χ1v) is 8.37. The minimum atomic E-state index is -0.421. The predicted molar refractivity (Wildman–Crippen MR) is 89.3 cm³/mol. The Bertz CT molecular complexity index is 770. The Labute approximate surface area is 140 Å². The second-order valence-corrected chi connectivity index (χ2v) is 6.49. The Morgan fingerprint density at radius 2 is 2.08 bits per heavy atom. The normalized spacial score (nSPS) is 23.5. The van der Waals surface area contributed by atoms with Gasteiger partial charge in [-0.05, 0) is 25.8 Å². The summed E-state index contributed by atoms with van der Waals surface area (Å²) in [6.07, 6.45) is 1.99. The van der Waals surface area contributed by atoms with E-state index in [0.29, 0.717) is 12.2 Å². The van der Waals surface area contributed by atoms with E-state index in [2.05, 4.69) is 10.2 Å². The lowest BCUT2D eigenvalue weighted by Gasteiger charge is -2.41. The van der Waals surface area contributed by atoms with E-state index in [1.165, 1.54) is 0 Å². The molecule has 2 aliphatic rings. The molecule has 3 heterocycles. The van der Waals surface area contributed by atoms with Crippen molar-refractivity contribution in [3.05, 3.63) is 42.1 Å². The Morgan fingerprint density at radius 3 is 2.88 bits per heavy atom. The van der Waals surface area contributed by atoms with E-state index in [1.54, 1.807) is 11.0 Å². The van der Waals surface area contributed by atoms with Gasteiger partial charge in [0, 0.05) is 24.7 Å². The summed E-state index contributed by atoms with van der Waals surface area (Å²) in [5.74, 6) is -0.100. The standard InChI is InChI=1S/C18H20N4O2/c1-12-17(23)21-9-5-8-14(21)11-22(12)18(24)16-10-15(19-20-16)13-6-3-2-4-7-13/h2-4,6-7,10,12,14H,5,8-9,11H2,1H3,(H,19,20)/t12-,14+/m0/s1. The lowest BCUT2D eigenvalue weighted by Crippen LogP contribution is -2.60. The summed E-state index contributed by atoms with van der Waals surface area (Å²) in [6.45, 7) is 3.23. The van der Waals surface area contributed by atoms with Crippen molar-refractivity contribution >= 4 is 11.8 Å². The summed E-state index contributed by atoms with van der Waals surface area (Å²) < 4.78 is 0. The number of rotatable bonds is 2. The van der Waals surface area contributed by atoms with Gasteiger partial charge in [0.15, 0.2) is 0 Å². The van der Waals surface area contributed by atoms with Gasteiger partial charge in [-0.3, -0.25) is 14.7 Å². The molecule has 0 radical (unpaired) electrons. The van der Waals surface area contributed by atoms with Crippen LogP contribution in [0, 0.1) is 0 Å². The fourth-order valence-corrected chi connectivity index (χ4v) is 3.68. The number of aromatic nitrogens is 2. The molecule has 6 heteroatoms. The maximum atomic E-state index is 12.9. The minimum absolute atomic E-state index is 0.0555. The number of piperazine rings is 1. The van der Waals surface area contributed by atoms with Crippen LogP contribution in [0.1, 0.15) is 30.3 Å². The van der Waals surface area contributed by atoms with E-state index >= 15 is 0 Å². The monoisotopic (exact) mass is 324 g/mol. The third-order valence-corrected chi connectivity index (χ3v) is 5.03. The number of nitrogens with zero attached hydrogens (tertiary/aromatic N) is 3. The first kappa shape index (κ1) is 14.9. The maximum Gasteiger partial charge on any atom is 0.272 e. The molecule has 0 bridgehead atoms. The van der Waals surface area contributed by atoms with Crippen molar-refractivity contribution in [2.24, 2.45) is 0 Å². The van der Waals surface area contributed by atoms with Crippen LogP contribution in [-0.4, -0.2) is 57.0 Å². The van der Waals surface area contributed by atoms with E-state index in [9.17, 15) is 9.59 Å². The molecule has 1 aromatic carbocycles. The molecule has 0 saturated carbocycles. The van der Waals surface area contributed by atoms with Crippen molar-refractivity contribution < 1.29 is 9.59 Å². The van der Waals surface area contributed by atoms with Crippen LogP contribution in [0.15, 0.2) is 36.4 Å². The molecule has 2 amide bonds. The van der Waals surface area contributed by atoms with Crippen molar-refractivity contribution in [3.63, 3.8) is 0 Å². The summed E-state index contributed by atoms with van der Waals surface area (Å²) in [4.78, 5) is 29.0. The predicted octanol–water partition coefficient (Wildman–Crippen LogP) is 1.91. The van der Waals surface area contributed by atoms with Crippen LogP contribution in [0.3, 0.4) is 0 Å². The molecule has 2 aromatic rings. The molecule has 0 aliphatic carbocycles. The maximum absolute atomic E-state index is 12.9. The van der Waals surface area contributed by atoms with Crippen molar-refractivity contribution in [3.8, 4) is 11.3 Å². The van der Waals surface area contributed by atoms with Gasteiger partial charge in [0.1, 0.15) is 11.7 Å². The highest BCUT2D eigenvalue weighted by Gasteiger charge is 2.42. The molecule has 2 saturated heterocycles. The summed E-state index contributed by atoms with van der Waals surface area (Å²) in [5, 5.41) is 7.08. The number of hydrogen-bond donors (Lipinski definition) is 1. The van der Waals surface area contributed by atoms with Gasteiger partial charge < -0.3 is 9.80 Å². The summed E-state index contributed by atoms with van der Waals surface area (Å²) in [7, 11) is 0. The topological polar surface area (TPSA) is 69.3 Å². The average molecular weight is 324 g/mol. The fourth-order valence-electron chi connectivity index (χ4n) is 3.68. The van der Waals surface area contributed by atoms with E-state index in [4.69, 9.17) is 0 Å². The SMILES string of the molecule is C[C@H]1C(=O)N2CCC[C@@H]2CN1C(=O)c1cc(-c2ccccc2)n[nH]1. The first-order chi connectivity index (χ1) is 11.6. The number of H-pyrrole nitrogens is 1. The van der Waals surface area contributed by atoms with E-state index in [0.717, 1.165) is 30.6 Å². The van der Waals surface area contributed by atoms with Crippen LogP contribution in [-0.2, 0) is 4.79 Å². The lowest BCUT2D eigenvalue weighted by molar-refractivity contribution is -0.141. The molecule has 4 rings (SSSR count). The van der Waals surface area contributed by atoms with E-state index in [1.807, 2.05) is 42.2 Å². The van der Waals surface area contributed by atoms with Crippen LogP contribution in [0.25, 0.3) is 11.3 Å². The van der Waals surface area contributed by atoms with Gasteiger partial charge in [-0.25, -0.2) is 0 Å². The molecule has 2 fully saturated rings. The van der Waals surface area contributed by atoms with Crippen molar-refractivity contribution in [1.29, 1.82) is 0 Å². The molecular formula is C18H20N4O2. The number of hydrogen-bond acceptors (Lipinski definition) is 3. The number of aromatic amines is 1. The van der Waals surface area contributed by atoms with Crippen LogP contribution in [0.4, 0.5) is 0 Å². The molecule has 1 aromatic heterocycles. The molecule has 6 nitrogen and oxygen atoms in total. The van der Waals surface area contributed by atoms with Crippen LogP contribution in [0.2, 0.25) is 0 Å². The zero-order valence-electron chi connectivity index (χ0n) is 13.6. The molecule has 0 unspecified atom stereocenters. The van der Waals surface area contributed by atoms with Crippen molar-refractivity contribution in [2.75, 3.05) is 13.1 Å². The Balaban J connectivity index is 1.57. The molecule has 2 aliphatic heterocycles. The zero-order valence-corrected chi connectivity index (χ0v) is 13.6. The number of nitrogens with one attached hydrogen (secondary N) is 1. The molecular weight excluding hydrogens is 304 g/mol. The fraction of sp³-hybridized carbons (Fsp3) is 0.389. The van der Waals surface area contributed by atoms with Gasteiger partial charge >= 0.3 is 0 Å². The second-order valence-electron chi connectivity index (χ2n) is 6.49. The van der Waals surface area contributed by atoms with Crippen LogP contribution >= 0.6 is 0 Å². The van der Waals surface area contributed by atoms with Gasteiger partial charge in [0.25, 0.3) is 5.91 Å². The third kappa shape index (κ3) is 2.38. The average Bonchev–Trinajstić information content (AvgIpc) is 3.27. The number of amides is 2. The van der Waals surface area contributed by atoms with Gasteiger partial charge in [-0.15, -0.1) is 0 Å². The van der Waals surface area contributed by atoms with Gasteiger partial charge in [0.2, 0.25) is 5.91 Å². The molecule has 2 atom stereocenters. The lowest BCUT2D eigenvalue weighted by atomic mass is 10.1. The van der Waals surface area contributed by atoms with Crippen molar-refractivity contribution in [2.45, 2.75) is 31.8 Å². The van der Waals surface area contributed by atoms with Gasteiger partial charge in [-0.2, -0.15) is 5.10 Å². The number of carbonyl (C=O) groups is 2. The Morgan fingerprint density at radius 1 is 1.29 bits per heavy atom. The first-order valence-electron chi connectivity index (χ1n) is 8.37. The largest absolute Gasteiger partial charge is 0.336 e. The van der Waals surface area contributed by atoms with E-state index < -0.39 is 6.04 Å². The molecule has 124 valence electrons. The van der Waals surface area contributed by atoms with Gasteiger partial charge in [-0.1, -0.05) is 30.3 Å². The zero-order chi connectivity index (χ0) is 16.7. The highest BCUT2D eigenvalue weighted by Crippen LogP contribution is 2.27.